The van der Waals surface area contributed by atoms with Crippen molar-refractivity contribution in [3.63, 3.8) is 0 Å². The molecule has 126 valence electrons. The first-order valence-electron chi connectivity index (χ1n) is 7.16. The summed E-state index contributed by atoms with van der Waals surface area (Å²) >= 11 is 8.35. The Morgan fingerprint density at radius 1 is 1.24 bits per heavy atom. The third-order valence-corrected chi connectivity index (χ3v) is 5.68. The molecule has 2 aromatic carbocycles. The summed E-state index contributed by atoms with van der Waals surface area (Å²) in [6.45, 7) is 0. The van der Waals surface area contributed by atoms with Crippen molar-refractivity contribution in [1.29, 1.82) is 0 Å². The van der Waals surface area contributed by atoms with Gasteiger partial charge in [0.2, 0.25) is 5.12 Å². The Bertz CT molecular complexity index is 898. The van der Waals surface area contributed by atoms with E-state index >= 15 is 0 Å². The van der Waals surface area contributed by atoms with E-state index in [9.17, 15) is 14.9 Å². The van der Waals surface area contributed by atoms with Crippen LogP contribution in [-0.4, -0.2) is 14.4 Å². The predicted molar refractivity (Wildman–Crippen MR) is 104 cm³/mol. The van der Waals surface area contributed by atoms with E-state index in [4.69, 9.17) is 11.6 Å². The lowest BCUT2D eigenvalue weighted by Gasteiger charge is -1.98. The number of hydrogen-bond donors (Lipinski definition) is 0. The van der Waals surface area contributed by atoms with Crippen LogP contribution in [0.2, 0.25) is 5.02 Å². The lowest BCUT2D eigenvalue weighted by Crippen LogP contribution is -1.91. The molecular weight excluding hydrogens is 380 g/mol. The van der Waals surface area contributed by atoms with E-state index in [0.717, 1.165) is 23.1 Å². The first-order chi connectivity index (χ1) is 12.0. The number of nitro benzene ring substituents is 1. The summed E-state index contributed by atoms with van der Waals surface area (Å²) in [5.41, 5.74) is 1.74. The normalized spacial score (nSPS) is 15.5. The Morgan fingerprint density at radius 3 is 2.72 bits per heavy atom. The van der Waals surface area contributed by atoms with Gasteiger partial charge in [-0.25, -0.2) is 4.99 Å². The molecule has 0 spiro atoms. The molecule has 0 aliphatic carbocycles. The van der Waals surface area contributed by atoms with Gasteiger partial charge in [0.05, 0.1) is 4.92 Å². The average Bonchev–Trinajstić information content (AvgIpc) is 2.95. The lowest BCUT2D eigenvalue weighted by molar-refractivity contribution is -0.384. The SMILES string of the molecule is O=C1SC(SCc2ccccc2)=NC1=Cc1ccc(Cl)c([N+](=O)[O-])c1. The van der Waals surface area contributed by atoms with Gasteiger partial charge in [0.15, 0.2) is 0 Å². The van der Waals surface area contributed by atoms with Crippen LogP contribution in [0.1, 0.15) is 11.1 Å². The molecule has 0 aromatic heterocycles. The van der Waals surface area contributed by atoms with E-state index in [-0.39, 0.29) is 21.5 Å². The van der Waals surface area contributed by atoms with Crippen LogP contribution in [0.3, 0.4) is 0 Å². The fourth-order valence-electron chi connectivity index (χ4n) is 2.09. The molecule has 0 N–H and O–H groups in total. The van der Waals surface area contributed by atoms with Gasteiger partial charge in [-0.05, 0) is 35.0 Å². The standard InChI is InChI=1S/C17H11ClN2O3S2/c18-13-7-6-12(9-15(13)20(22)23)8-14-16(21)25-17(19-14)24-10-11-4-2-1-3-5-11/h1-9H,10H2. The molecule has 1 aliphatic heterocycles. The molecule has 25 heavy (non-hydrogen) atoms. The van der Waals surface area contributed by atoms with E-state index in [1.807, 2.05) is 30.3 Å². The molecule has 0 fully saturated rings. The molecule has 8 heteroatoms. The quantitative estimate of drug-likeness (QED) is 0.410. The van der Waals surface area contributed by atoms with Crippen molar-refractivity contribution in [2.24, 2.45) is 4.99 Å². The maximum Gasteiger partial charge on any atom is 0.288 e. The summed E-state index contributed by atoms with van der Waals surface area (Å²) in [5, 5.41) is 10.8. The molecule has 3 rings (SSSR count). The maximum atomic E-state index is 12.1. The number of rotatable bonds is 4. The monoisotopic (exact) mass is 390 g/mol. The highest BCUT2D eigenvalue weighted by atomic mass is 35.5. The minimum absolute atomic E-state index is 0.0573. The van der Waals surface area contributed by atoms with Crippen LogP contribution >= 0.6 is 35.1 Å². The molecule has 0 saturated heterocycles. The lowest BCUT2D eigenvalue weighted by atomic mass is 10.2. The summed E-state index contributed by atoms with van der Waals surface area (Å²) in [4.78, 5) is 26.8. The molecule has 0 saturated carbocycles. The first-order valence-corrected chi connectivity index (χ1v) is 9.34. The molecule has 0 radical (unpaired) electrons. The summed E-state index contributed by atoms with van der Waals surface area (Å²) in [6.07, 6.45) is 1.54. The van der Waals surface area contributed by atoms with Gasteiger partial charge in [-0.3, -0.25) is 14.9 Å². The number of thioether (sulfide) groups is 2. The number of carbonyl (C=O) groups is 1. The summed E-state index contributed by atoms with van der Waals surface area (Å²) < 4.78 is 0.670. The molecule has 5 nitrogen and oxygen atoms in total. The Balaban J connectivity index is 1.77. The van der Waals surface area contributed by atoms with Crippen LogP contribution in [0.15, 0.2) is 59.2 Å². The van der Waals surface area contributed by atoms with Crippen molar-refractivity contribution in [2.45, 2.75) is 5.75 Å². The van der Waals surface area contributed by atoms with Crippen molar-refractivity contribution in [3.05, 3.63) is 80.5 Å². The fourth-order valence-corrected chi connectivity index (χ4v) is 4.07. The van der Waals surface area contributed by atoms with Crippen LogP contribution in [0.5, 0.6) is 0 Å². The molecule has 0 atom stereocenters. The minimum Gasteiger partial charge on any atom is -0.279 e. The topological polar surface area (TPSA) is 72.6 Å². The second-order valence-electron chi connectivity index (χ2n) is 5.04. The molecule has 0 amide bonds. The van der Waals surface area contributed by atoms with Gasteiger partial charge in [0.25, 0.3) is 5.69 Å². The Hall–Kier alpha value is -2.09. The van der Waals surface area contributed by atoms with Crippen LogP contribution < -0.4 is 0 Å². The van der Waals surface area contributed by atoms with Crippen molar-refractivity contribution in [1.82, 2.24) is 0 Å². The number of aliphatic imine (C=N–C) groups is 1. The third-order valence-electron chi connectivity index (χ3n) is 3.28. The Morgan fingerprint density at radius 2 is 2.00 bits per heavy atom. The second-order valence-corrected chi connectivity index (χ2v) is 7.63. The molecule has 1 heterocycles. The number of carbonyl (C=O) groups excluding carboxylic acids is 1. The second kappa shape index (κ2) is 7.86. The van der Waals surface area contributed by atoms with Gasteiger partial charge in [0.1, 0.15) is 15.1 Å². The van der Waals surface area contributed by atoms with E-state index in [2.05, 4.69) is 4.99 Å². The average molecular weight is 391 g/mol. The van der Waals surface area contributed by atoms with Gasteiger partial charge in [0, 0.05) is 11.8 Å². The minimum atomic E-state index is -0.556. The highest BCUT2D eigenvalue weighted by molar-refractivity contribution is 8.45. The third kappa shape index (κ3) is 4.50. The van der Waals surface area contributed by atoms with Gasteiger partial charge in [-0.1, -0.05) is 59.8 Å². The Labute approximate surface area is 157 Å². The van der Waals surface area contributed by atoms with Crippen molar-refractivity contribution < 1.29 is 9.72 Å². The fraction of sp³-hybridized carbons (Fsp3) is 0.0588. The highest BCUT2D eigenvalue weighted by Crippen LogP contribution is 2.33. The zero-order valence-electron chi connectivity index (χ0n) is 12.7. The number of nitrogens with zero attached hydrogens (tertiary/aromatic N) is 2. The van der Waals surface area contributed by atoms with Gasteiger partial charge in [-0.2, -0.15) is 0 Å². The van der Waals surface area contributed by atoms with E-state index < -0.39 is 4.92 Å². The van der Waals surface area contributed by atoms with Crippen LogP contribution in [0, 0.1) is 10.1 Å². The van der Waals surface area contributed by atoms with E-state index in [1.165, 1.54) is 30.0 Å². The summed E-state index contributed by atoms with van der Waals surface area (Å²) in [5.74, 6) is 0.722. The molecule has 1 aliphatic rings. The van der Waals surface area contributed by atoms with Crippen molar-refractivity contribution in [2.75, 3.05) is 0 Å². The van der Waals surface area contributed by atoms with E-state index in [1.54, 1.807) is 6.07 Å². The molecular formula is C17H11ClN2O3S2. The van der Waals surface area contributed by atoms with Gasteiger partial charge < -0.3 is 0 Å². The zero-order valence-corrected chi connectivity index (χ0v) is 15.1. The highest BCUT2D eigenvalue weighted by Gasteiger charge is 2.23. The van der Waals surface area contributed by atoms with Gasteiger partial charge >= 0.3 is 0 Å². The van der Waals surface area contributed by atoms with Crippen LogP contribution in [0.4, 0.5) is 5.69 Å². The molecule has 2 aromatic rings. The summed E-state index contributed by atoms with van der Waals surface area (Å²) in [7, 11) is 0. The number of hydrogen-bond acceptors (Lipinski definition) is 6. The molecule has 0 bridgehead atoms. The van der Waals surface area contributed by atoms with Gasteiger partial charge in [-0.15, -0.1) is 0 Å². The van der Waals surface area contributed by atoms with Crippen LogP contribution in [0.25, 0.3) is 6.08 Å². The number of benzene rings is 2. The largest absolute Gasteiger partial charge is 0.288 e. The van der Waals surface area contributed by atoms with E-state index in [0.29, 0.717) is 9.94 Å². The number of halogens is 1. The van der Waals surface area contributed by atoms with Crippen molar-refractivity contribution >= 4 is 56.4 Å². The smallest absolute Gasteiger partial charge is 0.279 e. The first kappa shape index (κ1) is 17.7. The predicted octanol–water partition coefficient (Wildman–Crippen LogP) is 5.15. The molecule has 0 unspecified atom stereocenters. The Kier molecular flexibility index (Phi) is 5.57. The number of nitro groups is 1. The maximum absolute atomic E-state index is 12.1. The summed E-state index contributed by atoms with van der Waals surface area (Å²) in [6, 6.07) is 14.3. The van der Waals surface area contributed by atoms with Crippen molar-refractivity contribution in [3.8, 4) is 0 Å². The zero-order chi connectivity index (χ0) is 17.8. The van der Waals surface area contributed by atoms with Crippen LogP contribution in [-0.2, 0) is 10.5 Å².